The number of aromatic nitrogens is 1. The maximum Gasteiger partial charge on any atom is 0.269 e. The Balaban J connectivity index is 1.70. The van der Waals surface area contributed by atoms with Gasteiger partial charge in [0, 0.05) is 36.2 Å². The fraction of sp³-hybridized carbons (Fsp3) is 0.357. The van der Waals surface area contributed by atoms with Gasteiger partial charge in [-0.05, 0) is 12.1 Å². The minimum absolute atomic E-state index is 0.0996. The Morgan fingerprint density at radius 2 is 2.00 bits per heavy atom. The normalized spacial score (nSPS) is 16.0. The molecule has 1 fully saturated rings. The molecule has 110 valence electrons. The number of nitro groups is 1. The van der Waals surface area contributed by atoms with Gasteiger partial charge in [-0.3, -0.25) is 15.0 Å². The lowest BCUT2D eigenvalue weighted by molar-refractivity contribution is -0.384. The van der Waals surface area contributed by atoms with Crippen molar-refractivity contribution >= 4 is 17.0 Å². The van der Waals surface area contributed by atoms with E-state index in [0.29, 0.717) is 0 Å². The molecule has 0 amide bonds. The molecule has 0 unspecified atom stereocenters. The maximum atomic E-state index is 10.7. The molecule has 3 rings (SSSR count). The van der Waals surface area contributed by atoms with Crippen molar-refractivity contribution in [2.75, 3.05) is 26.3 Å². The van der Waals surface area contributed by atoms with E-state index in [9.17, 15) is 10.1 Å². The van der Waals surface area contributed by atoms with Crippen LogP contribution in [-0.2, 0) is 11.3 Å². The molecule has 21 heavy (non-hydrogen) atoms. The first-order valence-corrected chi connectivity index (χ1v) is 7.60. The summed E-state index contributed by atoms with van der Waals surface area (Å²) >= 11 is 1.62. The van der Waals surface area contributed by atoms with Crippen LogP contribution >= 0.6 is 11.3 Å². The number of ether oxygens (including phenoxy) is 1. The van der Waals surface area contributed by atoms with Gasteiger partial charge >= 0.3 is 0 Å². The number of thiazole rings is 1. The zero-order valence-corrected chi connectivity index (χ0v) is 12.2. The Bertz CT molecular complexity index is 621. The summed E-state index contributed by atoms with van der Waals surface area (Å²) in [5.41, 5.74) is 1.88. The molecule has 1 aliphatic rings. The highest BCUT2D eigenvalue weighted by molar-refractivity contribution is 7.09. The van der Waals surface area contributed by atoms with Gasteiger partial charge in [-0.2, -0.15) is 0 Å². The molecule has 7 heteroatoms. The Kier molecular flexibility index (Phi) is 4.23. The van der Waals surface area contributed by atoms with Gasteiger partial charge in [-0.25, -0.2) is 4.98 Å². The third-order valence-electron chi connectivity index (χ3n) is 3.39. The van der Waals surface area contributed by atoms with Gasteiger partial charge in [0.15, 0.2) is 0 Å². The van der Waals surface area contributed by atoms with Crippen LogP contribution < -0.4 is 0 Å². The second-order valence-electron chi connectivity index (χ2n) is 4.82. The molecular weight excluding hydrogens is 290 g/mol. The van der Waals surface area contributed by atoms with Gasteiger partial charge in [-0.1, -0.05) is 0 Å². The van der Waals surface area contributed by atoms with Crippen LogP contribution in [0.3, 0.4) is 0 Å². The highest BCUT2D eigenvalue weighted by Crippen LogP contribution is 2.24. The number of non-ortho nitro benzene ring substituents is 1. The quantitative estimate of drug-likeness (QED) is 0.641. The monoisotopic (exact) mass is 305 g/mol. The summed E-state index contributed by atoms with van der Waals surface area (Å²) in [7, 11) is 0. The molecule has 0 bridgehead atoms. The van der Waals surface area contributed by atoms with Crippen molar-refractivity contribution in [1.82, 2.24) is 9.88 Å². The number of hydrogen-bond acceptors (Lipinski definition) is 6. The number of nitro benzene ring substituents is 1. The predicted octanol–water partition coefficient (Wildman–Crippen LogP) is 2.55. The Morgan fingerprint density at radius 3 is 2.67 bits per heavy atom. The minimum Gasteiger partial charge on any atom is -0.379 e. The Labute approximate surface area is 126 Å². The first kappa shape index (κ1) is 14.1. The van der Waals surface area contributed by atoms with Crippen molar-refractivity contribution in [2.24, 2.45) is 0 Å². The summed E-state index contributed by atoms with van der Waals surface area (Å²) in [5.74, 6) is 0. The summed E-state index contributed by atoms with van der Waals surface area (Å²) in [6, 6.07) is 6.50. The van der Waals surface area contributed by atoms with E-state index in [1.165, 1.54) is 12.1 Å². The summed E-state index contributed by atoms with van der Waals surface area (Å²) in [6.07, 6.45) is 0. The lowest BCUT2D eigenvalue weighted by Crippen LogP contribution is -2.35. The molecule has 6 nitrogen and oxygen atoms in total. The Morgan fingerprint density at radius 1 is 1.29 bits per heavy atom. The molecule has 1 aromatic heterocycles. The largest absolute Gasteiger partial charge is 0.379 e. The number of nitrogens with zero attached hydrogens (tertiary/aromatic N) is 3. The van der Waals surface area contributed by atoms with Crippen molar-refractivity contribution in [3.63, 3.8) is 0 Å². The smallest absolute Gasteiger partial charge is 0.269 e. The standard InChI is InChI=1S/C14H15N3O3S/c18-17(19)12-3-1-11(2-4-12)13-10-21-14(15-13)9-16-5-7-20-8-6-16/h1-4,10H,5-9H2. The van der Waals surface area contributed by atoms with Crippen LogP contribution in [0.15, 0.2) is 29.6 Å². The average Bonchev–Trinajstić information content (AvgIpc) is 2.97. The third-order valence-corrected chi connectivity index (χ3v) is 4.22. The van der Waals surface area contributed by atoms with Gasteiger partial charge in [0.05, 0.1) is 30.4 Å². The average molecular weight is 305 g/mol. The lowest BCUT2D eigenvalue weighted by atomic mass is 10.1. The van der Waals surface area contributed by atoms with Crippen molar-refractivity contribution in [3.8, 4) is 11.3 Å². The number of hydrogen-bond donors (Lipinski definition) is 0. The molecule has 1 aliphatic heterocycles. The first-order valence-electron chi connectivity index (χ1n) is 6.72. The van der Waals surface area contributed by atoms with E-state index in [1.807, 2.05) is 5.38 Å². The zero-order valence-electron chi connectivity index (χ0n) is 11.4. The van der Waals surface area contributed by atoms with Crippen LogP contribution in [0.4, 0.5) is 5.69 Å². The van der Waals surface area contributed by atoms with Gasteiger partial charge < -0.3 is 4.74 Å². The molecule has 2 heterocycles. The van der Waals surface area contributed by atoms with Crippen LogP contribution in [-0.4, -0.2) is 41.1 Å². The third kappa shape index (κ3) is 3.44. The van der Waals surface area contributed by atoms with E-state index in [-0.39, 0.29) is 5.69 Å². The minimum atomic E-state index is -0.394. The maximum absolute atomic E-state index is 10.7. The fourth-order valence-electron chi connectivity index (χ4n) is 2.22. The van der Waals surface area contributed by atoms with Crippen LogP contribution in [0.5, 0.6) is 0 Å². The summed E-state index contributed by atoms with van der Waals surface area (Å²) in [4.78, 5) is 17.2. The van der Waals surface area contributed by atoms with E-state index in [1.54, 1.807) is 23.5 Å². The molecule has 0 radical (unpaired) electrons. The summed E-state index contributed by atoms with van der Waals surface area (Å²) < 4.78 is 5.33. The van der Waals surface area contributed by atoms with Crippen LogP contribution in [0, 0.1) is 10.1 Å². The van der Waals surface area contributed by atoms with Gasteiger partial charge in [0.25, 0.3) is 5.69 Å². The Hall–Kier alpha value is -1.83. The van der Waals surface area contributed by atoms with Gasteiger partial charge in [0.1, 0.15) is 5.01 Å². The molecule has 0 spiro atoms. The summed E-state index contributed by atoms with van der Waals surface area (Å²) in [6.45, 7) is 4.26. The van der Waals surface area contributed by atoms with E-state index in [0.717, 1.165) is 49.1 Å². The van der Waals surface area contributed by atoms with Gasteiger partial charge in [-0.15, -0.1) is 11.3 Å². The molecule has 2 aromatic rings. The van der Waals surface area contributed by atoms with Crippen molar-refractivity contribution < 1.29 is 9.66 Å². The van der Waals surface area contributed by atoms with Gasteiger partial charge in [0.2, 0.25) is 0 Å². The van der Waals surface area contributed by atoms with Crippen LogP contribution in [0.2, 0.25) is 0 Å². The highest BCUT2D eigenvalue weighted by Gasteiger charge is 2.13. The number of benzene rings is 1. The van der Waals surface area contributed by atoms with E-state index in [4.69, 9.17) is 4.74 Å². The second-order valence-corrected chi connectivity index (χ2v) is 5.76. The number of rotatable bonds is 4. The first-order chi connectivity index (χ1) is 10.2. The molecular formula is C14H15N3O3S. The van der Waals surface area contributed by atoms with Crippen molar-refractivity contribution in [3.05, 3.63) is 44.8 Å². The second kappa shape index (κ2) is 6.30. The molecule has 0 saturated carbocycles. The highest BCUT2D eigenvalue weighted by atomic mass is 32.1. The molecule has 1 saturated heterocycles. The van der Waals surface area contributed by atoms with E-state index >= 15 is 0 Å². The van der Waals surface area contributed by atoms with Crippen LogP contribution in [0.1, 0.15) is 5.01 Å². The topological polar surface area (TPSA) is 68.5 Å². The molecule has 1 aromatic carbocycles. The van der Waals surface area contributed by atoms with Crippen LogP contribution in [0.25, 0.3) is 11.3 Å². The lowest BCUT2D eigenvalue weighted by Gasteiger charge is -2.25. The van der Waals surface area contributed by atoms with Crippen molar-refractivity contribution in [1.29, 1.82) is 0 Å². The molecule has 0 atom stereocenters. The zero-order chi connectivity index (χ0) is 14.7. The summed E-state index contributed by atoms with van der Waals surface area (Å²) in [5, 5.41) is 13.7. The SMILES string of the molecule is O=[N+]([O-])c1ccc(-c2csc(CN3CCOCC3)n2)cc1. The predicted molar refractivity (Wildman–Crippen MR) is 80.3 cm³/mol. The van der Waals surface area contributed by atoms with E-state index in [2.05, 4.69) is 9.88 Å². The van der Waals surface area contributed by atoms with E-state index < -0.39 is 4.92 Å². The number of morpholine rings is 1. The van der Waals surface area contributed by atoms with Crippen molar-refractivity contribution in [2.45, 2.75) is 6.54 Å². The molecule has 0 N–H and O–H groups in total. The fourth-order valence-corrected chi connectivity index (χ4v) is 3.07. The molecule has 0 aliphatic carbocycles.